The molecule has 2 aromatic rings. The fraction of sp³-hybridized carbons (Fsp3) is 0.375. The Bertz CT molecular complexity index is 658. The van der Waals surface area contributed by atoms with Crippen LogP contribution in [0.1, 0.15) is 42.5 Å². The first-order chi connectivity index (χ1) is 10.7. The molecule has 116 valence electrons. The lowest BCUT2D eigenvalue weighted by atomic mass is 10.1. The van der Waals surface area contributed by atoms with E-state index in [2.05, 4.69) is 15.3 Å². The molecule has 1 aromatic carbocycles. The number of carbonyl (C=O) groups is 2. The lowest BCUT2D eigenvalue weighted by Gasteiger charge is -2.06. The van der Waals surface area contributed by atoms with E-state index in [-0.39, 0.29) is 12.3 Å². The Morgan fingerprint density at radius 1 is 1.00 bits per heavy atom. The largest absolute Gasteiger partial charge is 0.481 e. The first kappa shape index (κ1) is 15.9. The monoisotopic (exact) mass is 301 g/mol. The number of hydrogen-bond donors (Lipinski definition) is 2. The second kappa shape index (κ2) is 8.07. The summed E-state index contributed by atoms with van der Waals surface area (Å²) in [6.07, 6.45) is 6.74. The second-order valence-electron chi connectivity index (χ2n) is 5.07. The van der Waals surface area contributed by atoms with Crippen LogP contribution in [0.3, 0.4) is 0 Å². The van der Waals surface area contributed by atoms with Gasteiger partial charge in [0.2, 0.25) is 0 Å². The normalized spacial score (nSPS) is 10.5. The van der Waals surface area contributed by atoms with Crippen LogP contribution < -0.4 is 5.32 Å². The van der Waals surface area contributed by atoms with E-state index in [1.807, 2.05) is 0 Å². The van der Waals surface area contributed by atoms with Gasteiger partial charge in [-0.1, -0.05) is 12.8 Å². The van der Waals surface area contributed by atoms with Gasteiger partial charge < -0.3 is 10.4 Å². The average molecular weight is 301 g/mol. The highest BCUT2D eigenvalue weighted by Gasteiger charge is 2.06. The van der Waals surface area contributed by atoms with Crippen LogP contribution in [0.15, 0.2) is 30.6 Å². The molecule has 0 bridgehead atoms. The van der Waals surface area contributed by atoms with Gasteiger partial charge in [-0.15, -0.1) is 0 Å². The van der Waals surface area contributed by atoms with Crippen molar-refractivity contribution in [2.45, 2.75) is 32.1 Å². The predicted molar refractivity (Wildman–Crippen MR) is 82.6 cm³/mol. The fourth-order valence-corrected chi connectivity index (χ4v) is 2.16. The number of fused-ring (bicyclic) bond motifs is 1. The Morgan fingerprint density at radius 2 is 1.73 bits per heavy atom. The van der Waals surface area contributed by atoms with Crippen LogP contribution in [0.2, 0.25) is 0 Å². The van der Waals surface area contributed by atoms with Crippen LogP contribution in [0, 0.1) is 0 Å². The Kier molecular flexibility index (Phi) is 5.82. The van der Waals surface area contributed by atoms with Gasteiger partial charge in [0.25, 0.3) is 5.91 Å². The summed E-state index contributed by atoms with van der Waals surface area (Å²) in [6, 6.07) is 5.24. The van der Waals surface area contributed by atoms with Crippen molar-refractivity contribution in [2.75, 3.05) is 6.54 Å². The van der Waals surface area contributed by atoms with Crippen molar-refractivity contribution in [3.8, 4) is 0 Å². The summed E-state index contributed by atoms with van der Waals surface area (Å²) in [4.78, 5) is 30.7. The second-order valence-corrected chi connectivity index (χ2v) is 5.07. The molecule has 6 heteroatoms. The molecule has 0 radical (unpaired) electrons. The van der Waals surface area contributed by atoms with E-state index in [9.17, 15) is 9.59 Å². The number of carboxylic acid groups (broad SMARTS) is 1. The van der Waals surface area contributed by atoms with Gasteiger partial charge in [-0.05, 0) is 31.0 Å². The summed E-state index contributed by atoms with van der Waals surface area (Å²) in [5.41, 5.74) is 2.03. The maximum absolute atomic E-state index is 12.0. The molecule has 0 aliphatic rings. The molecule has 0 saturated carbocycles. The van der Waals surface area contributed by atoms with Gasteiger partial charge >= 0.3 is 5.97 Å². The first-order valence-corrected chi connectivity index (χ1v) is 7.37. The number of aliphatic carboxylic acids is 1. The summed E-state index contributed by atoms with van der Waals surface area (Å²) < 4.78 is 0. The van der Waals surface area contributed by atoms with Gasteiger partial charge in [0.05, 0.1) is 11.0 Å². The molecule has 0 saturated heterocycles. The van der Waals surface area contributed by atoms with Crippen LogP contribution in [0.25, 0.3) is 11.0 Å². The SMILES string of the molecule is O=C(O)CCCCCCNC(=O)c1ccc2nccnc2c1. The third-order valence-electron chi connectivity index (χ3n) is 3.33. The van der Waals surface area contributed by atoms with Crippen molar-refractivity contribution >= 4 is 22.9 Å². The number of amides is 1. The summed E-state index contributed by atoms with van der Waals surface area (Å²) in [5.74, 6) is -0.884. The Balaban J connectivity index is 1.73. The lowest BCUT2D eigenvalue weighted by Crippen LogP contribution is -2.24. The highest BCUT2D eigenvalue weighted by atomic mass is 16.4. The molecule has 0 fully saturated rings. The van der Waals surface area contributed by atoms with Gasteiger partial charge in [0, 0.05) is 30.9 Å². The summed E-state index contributed by atoms with van der Waals surface area (Å²) >= 11 is 0. The average Bonchev–Trinajstić information content (AvgIpc) is 2.53. The molecular weight excluding hydrogens is 282 g/mol. The third kappa shape index (κ3) is 4.80. The zero-order valence-electron chi connectivity index (χ0n) is 12.3. The zero-order valence-corrected chi connectivity index (χ0v) is 12.3. The number of aromatic nitrogens is 2. The third-order valence-corrected chi connectivity index (χ3v) is 3.33. The quantitative estimate of drug-likeness (QED) is 0.730. The molecule has 0 unspecified atom stereocenters. The summed E-state index contributed by atoms with van der Waals surface area (Å²) in [7, 11) is 0. The van der Waals surface area contributed by atoms with Crippen molar-refractivity contribution in [2.24, 2.45) is 0 Å². The van der Waals surface area contributed by atoms with Gasteiger partial charge in [0.15, 0.2) is 0 Å². The van der Waals surface area contributed by atoms with Crippen LogP contribution >= 0.6 is 0 Å². The van der Waals surface area contributed by atoms with E-state index < -0.39 is 5.97 Å². The van der Waals surface area contributed by atoms with Crippen molar-refractivity contribution < 1.29 is 14.7 Å². The summed E-state index contributed by atoms with van der Waals surface area (Å²) in [5, 5.41) is 11.4. The van der Waals surface area contributed by atoms with Crippen molar-refractivity contribution in [1.29, 1.82) is 0 Å². The maximum Gasteiger partial charge on any atom is 0.303 e. The molecule has 2 N–H and O–H groups in total. The van der Waals surface area contributed by atoms with Crippen LogP contribution in [-0.4, -0.2) is 33.5 Å². The smallest absolute Gasteiger partial charge is 0.303 e. The van der Waals surface area contributed by atoms with Gasteiger partial charge in [-0.2, -0.15) is 0 Å². The molecule has 22 heavy (non-hydrogen) atoms. The van der Waals surface area contributed by atoms with Crippen LogP contribution in [-0.2, 0) is 4.79 Å². The number of nitrogens with one attached hydrogen (secondary N) is 1. The number of unbranched alkanes of at least 4 members (excludes halogenated alkanes) is 3. The Labute approximate surface area is 128 Å². The van der Waals surface area contributed by atoms with E-state index in [1.165, 1.54) is 0 Å². The number of nitrogens with zero attached hydrogens (tertiary/aromatic N) is 2. The van der Waals surface area contributed by atoms with Gasteiger partial charge in [-0.25, -0.2) is 0 Å². The Hall–Kier alpha value is -2.50. The maximum atomic E-state index is 12.0. The fourth-order valence-electron chi connectivity index (χ4n) is 2.16. The number of carboxylic acids is 1. The van der Waals surface area contributed by atoms with E-state index in [1.54, 1.807) is 30.6 Å². The van der Waals surface area contributed by atoms with Crippen molar-refractivity contribution in [1.82, 2.24) is 15.3 Å². The van der Waals surface area contributed by atoms with E-state index in [4.69, 9.17) is 5.11 Å². The van der Waals surface area contributed by atoms with Crippen LogP contribution in [0.4, 0.5) is 0 Å². The van der Waals surface area contributed by atoms with E-state index in [0.29, 0.717) is 24.0 Å². The minimum Gasteiger partial charge on any atom is -0.481 e. The zero-order chi connectivity index (χ0) is 15.8. The Morgan fingerprint density at radius 3 is 2.50 bits per heavy atom. The molecule has 1 amide bonds. The number of rotatable bonds is 8. The van der Waals surface area contributed by atoms with E-state index >= 15 is 0 Å². The van der Waals surface area contributed by atoms with Crippen LogP contribution in [0.5, 0.6) is 0 Å². The standard InChI is InChI=1S/C16H19N3O3/c20-15(21)5-3-1-2-4-8-19-16(22)12-6-7-13-14(11-12)18-10-9-17-13/h6-7,9-11H,1-5,8H2,(H,19,22)(H,20,21). The molecule has 1 heterocycles. The topological polar surface area (TPSA) is 92.2 Å². The molecule has 0 spiro atoms. The molecule has 0 aliphatic heterocycles. The number of hydrogen-bond acceptors (Lipinski definition) is 4. The first-order valence-electron chi connectivity index (χ1n) is 7.37. The van der Waals surface area contributed by atoms with E-state index in [0.717, 1.165) is 24.8 Å². The lowest BCUT2D eigenvalue weighted by molar-refractivity contribution is -0.137. The molecule has 1 aromatic heterocycles. The molecule has 0 atom stereocenters. The number of carbonyl (C=O) groups excluding carboxylic acids is 1. The minimum absolute atomic E-state index is 0.127. The molecule has 2 rings (SSSR count). The molecule has 6 nitrogen and oxygen atoms in total. The van der Waals surface area contributed by atoms with Gasteiger partial charge in [0.1, 0.15) is 0 Å². The number of benzene rings is 1. The minimum atomic E-state index is -0.757. The summed E-state index contributed by atoms with van der Waals surface area (Å²) in [6.45, 7) is 0.588. The van der Waals surface area contributed by atoms with Crippen molar-refractivity contribution in [3.63, 3.8) is 0 Å². The predicted octanol–water partition coefficient (Wildman–Crippen LogP) is 2.39. The highest BCUT2D eigenvalue weighted by Crippen LogP contribution is 2.10. The van der Waals surface area contributed by atoms with Crippen molar-refractivity contribution in [3.05, 3.63) is 36.2 Å². The van der Waals surface area contributed by atoms with Gasteiger partial charge in [-0.3, -0.25) is 19.6 Å². The molecule has 0 aliphatic carbocycles. The molecular formula is C16H19N3O3. The highest BCUT2D eigenvalue weighted by molar-refractivity contribution is 5.97.